The van der Waals surface area contributed by atoms with E-state index in [1.165, 1.54) is 5.56 Å². The molecule has 124 valence electrons. The van der Waals surface area contributed by atoms with Crippen molar-refractivity contribution in [2.45, 2.75) is 44.0 Å². The summed E-state index contributed by atoms with van der Waals surface area (Å²) in [6, 6.07) is 10.8. The van der Waals surface area contributed by atoms with E-state index in [9.17, 15) is 8.42 Å². The second-order valence-corrected chi connectivity index (χ2v) is 8.42. The van der Waals surface area contributed by atoms with Crippen molar-refractivity contribution in [1.82, 2.24) is 4.31 Å². The molecule has 1 fully saturated rings. The Balaban J connectivity index is 1.86. The molecule has 23 heavy (non-hydrogen) atoms. The fraction of sp³-hybridized carbons (Fsp3) is 0.444. The molecule has 1 aliphatic heterocycles. The zero-order valence-electron chi connectivity index (χ0n) is 13.6. The Morgan fingerprint density at radius 3 is 2.57 bits per heavy atom. The topological polar surface area (TPSA) is 50.5 Å². The van der Waals surface area contributed by atoms with Crippen molar-refractivity contribution in [3.05, 3.63) is 54.0 Å². The summed E-state index contributed by atoms with van der Waals surface area (Å²) in [5.74, 6) is 1.28. The van der Waals surface area contributed by atoms with Crippen LogP contribution in [0.3, 0.4) is 0 Å². The lowest BCUT2D eigenvalue weighted by atomic mass is 10.0. The molecule has 4 nitrogen and oxygen atoms in total. The van der Waals surface area contributed by atoms with Gasteiger partial charge in [0.1, 0.15) is 5.76 Å². The maximum atomic E-state index is 13.0. The predicted molar refractivity (Wildman–Crippen MR) is 89.6 cm³/mol. The number of hydrogen-bond donors (Lipinski definition) is 0. The third-order valence-electron chi connectivity index (χ3n) is 4.25. The third-order valence-corrected chi connectivity index (χ3v) is 6.17. The molecule has 1 aromatic carbocycles. The Morgan fingerprint density at radius 2 is 1.96 bits per heavy atom. The van der Waals surface area contributed by atoms with E-state index in [0.717, 1.165) is 25.0 Å². The second-order valence-electron chi connectivity index (χ2n) is 6.53. The summed E-state index contributed by atoms with van der Waals surface area (Å²) in [6.45, 7) is 4.85. The molecule has 1 unspecified atom stereocenters. The lowest BCUT2D eigenvalue weighted by Crippen LogP contribution is -2.30. The van der Waals surface area contributed by atoms with E-state index in [4.69, 9.17) is 4.42 Å². The number of nitrogens with zero attached hydrogens (tertiary/aromatic N) is 1. The highest BCUT2D eigenvalue weighted by Gasteiger charge is 2.37. The van der Waals surface area contributed by atoms with Gasteiger partial charge < -0.3 is 4.42 Å². The van der Waals surface area contributed by atoms with Crippen LogP contribution >= 0.6 is 0 Å². The van der Waals surface area contributed by atoms with E-state index in [0.29, 0.717) is 17.4 Å². The fourth-order valence-corrected chi connectivity index (χ4v) is 4.86. The van der Waals surface area contributed by atoms with Gasteiger partial charge in [-0.2, -0.15) is 4.31 Å². The van der Waals surface area contributed by atoms with Gasteiger partial charge in [-0.05, 0) is 55.0 Å². The highest BCUT2D eigenvalue weighted by Crippen LogP contribution is 2.36. The Morgan fingerprint density at radius 1 is 1.22 bits per heavy atom. The van der Waals surface area contributed by atoms with Crippen molar-refractivity contribution in [2.75, 3.05) is 6.54 Å². The van der Waals surface area contributed by atoms with Gasteiger partial charge >= 0.3 is 0 Å². The van der Waals surface area contributed by atoms with Crippen molar-refractivity contribution in [3.8, 4) is 0 Å². The number of hydrogen-bond acceptors (Lipinski definition) is 3. The standard InChI is InChI=1S/C18H23NO3S/c1-14(2)13-15-7-9-16(10-8-15)23(20,21)19-11-3-5-17(19)18-6-4-12-22-18/h4,6-10,12,14,17H,3,5,11,13H2,1-2H3. The molecule has 0 saturated carbocycles. The maximum Gasteiger partial charge on any atom is 0.243 e. The van der Waals surface area contributed by atoms with E-state index >= 15 is 0 Å². The molecule has 1 saturated heterocycles. The van der Waals surface area contributed by atoms with Gasteiger partial charge in [-0.3, -0.25) is 0 Å². The quantitative estimate of drug-likeness (QED) is 0.831. The molecule has 0 amide bonds. The molecule has 1 aliphatic rings. The zero-order chi connectivity index (χ0) is 16.4. The van der Waals surface area contributed by atoms with Gasteiger partial charge in [-0.15, -0.1) is 0 Å². The molecule has 0 N–H and O–H groups in total. The molecule has 0 spiro atoms. The minimum Gasteiger partial charge on any atom is -0.468 e. The lowest BCUT2D eigenvalue weighted by Gasteiger charge is -2.22. The molecule has 2 aromatic rings. The Labute approximate surface area is 138 Å². The number of rotatable bonds is 5. The van der Waals surface area contributed by atoms with Crippen molar-refractivity contribution in [2.24, 2.45) is 5.92 Å². The van der Waals surface area contributed by atoms with Crippen LogP contribution < -0.4 is 0 Å². The number of sulfonamides is 1. The Kier molecular flexibility index (Phi) is 4.60. The summed E-state index contributed by atoms with van der Waals surface area (Å²) < 4.78 is 32.9. The fourth-order valence-electron chi connectivity index (χ4n) is 3.20. The largest absolute Gasteiger partial charge is 0.468 e. The first-order valence-corrected chi connectivity index (χ1v) is 9.56. The number of benzene rings is 1. The minimum absolute atomic E-state index is 0.189. The predicted octanol–water partition coefficient (Wildman–Crippen LogP) is 4.00. The van der Waals surface area contributed by atoms with Crippen LogP contribution in [0.1, 0.15) is 44.1 Å². The van der Waals surface area contributed by atoms with Gasteiger partial charge in [0.15, 0.2) is 0 Å². The molecule has 1 aromatic heterocycles. The van der Waals surface area contributed by atoms with Crippen LogP contribution in [0.4, 0.5) is 0 Å². The molecule has 3 rings (SSSR count). The van der Waals surface area contributed by atoms with Crippen molar-refractivity contribution >= 4 is 10.0 Å². The Hall–Kier alpha value is -1.59. The van der Waals surface area contributed by atoms with Crippen molar-refractivity contribution in [1.29, 1.82) is 0 Å². The average Bonchev–Trinajstić information content (AvgIpc) is 3.18. The normalized spacial score (nSPS) is 19.5. The third kappa shape index (κ3) is 3.35. The second kappa shape index (κ2) is 6.49. The monoisotopic (exact) mass is 333 g/mol. The first kappa shape index (κ1) is 16.3. The van der Waals surface area contributed by atoms with Gasteiger partial charge in [0, 0.05) is 6.54 Å². The van der Waals surface area contributed by atoms with E-state index in [-0.39, 0.29) is 6.04 Å². The summed E-state index contributed by atoms with van der Waals surface area (Å²) in [5.41, 5.74) is 1.17. The van der Waals surface area contributed by atoms with E-state index in [1.54, 1.807) is 28.8 Å². The van der Waals surface area contributed by atoms with Crippen LogP contribution in [0, 0.1) is 5.92 Å². The van der Waals surface area contributed by atoms with Crippen LogP contribution in [0.25, 0.3) is 0 Å². The first-order valence-electron chi connectivity index (χ1n) is 8.12. The van der Waals surface area contributed by atoms with Gasteiger partial charge in [0.05, 0.1) is 17.2 Å². The summed E-state index contributed by atoms with van der Waals surface area (Å²) in [4.78, 5) is 0.364. The van der Waals surface area contributed by atoms with Gasteiger partial charge in [0.2, 0.25) is 10.0 Å². The smallest absolute Gasteiger partial charge is 0.243 e. The summed E-state index contributed by atoms with van der Waals surface area (Å²) >= 11 is 0. The van der Waals surface area contributed by atoms with Crippen LogP contribution in [-0.2, 0) is 16.4 Å². The van der Waals surface area contributed by atoms with Gasteiger partial charge in [0.25, 0.3) is 0 Å². The molecule has 1 atom stereocenters. The van der Waals surface area contributed by atoms with E-state index < -0.39 is 10.0 Å². The number of furan rings is 1. The van der Waals surface area contributed by atoms with Crippen molar-refractivity contribution in [3.63, 3.8) is 0 Å². The van der Waals surface area contributed by atoms with Crippen molar-refractivity contribution < 1.29 is 12.8 Å². The molecule has 0 bridgehead atoms. The molecule has 5 heteroatoms. The summed E-state index contributed by atoms with van der Waals surface area (Å²) in [7, 11) is -3.49. The summed E-state index contributed by atoms with van der Waals surface area (Å²) in [6.07, 6.45) is 4.21. The van der Waals surface area contributed by atoms with Crippen LogP contribution in [0.2, 0.25) is 0 Å². The average molecular weight is 333 g/mol. The highest BCUT2D eigenvalue weighted by molar-refractivity contribution is 7.89. The lowest BCUT2D eigenvalue weighted by molar-refractivity contribution is 0.340. The van der Waals surface area contributed by atoms with Crippen LogP contribution in [-0.4, -0.2) is 19.3 Å². The highest BCUT2D eigenvalue weighted by atomic mass is 32.2. The Bertz CT molecular complexity index is 733. The van der Waals surface area contributed by atoms with E-state index in [1.807, 2.05) is 18.2 Å². The van der Waals surface area contributed by atoms with Gasteiger partial charge in [-0.25, -0.2) is 8.42 Å². The minimum atomic E-state index is -3.49. The van der Waals surface area contributed by atoms with E-state index in [2.05, 4.69) is 13.8 Å². The molecule has 2 heterocycles. The molecule has 0 radical (unpaired) electrons. The van der Waals surface area contributed by atoms with Crippen LogP contribution in [0.5, 0.6) is 0 Å². The molecule has 0 aliphatic carbocycles. The summed E-state index contributed by atoms with van der Waals surface area (Å²) in [5, 5.41) is 0. The zero-order valence-corrected chi connectivity index (χ0v) is 14.4. The van der Waals surface area contributed by atoms with Crippen LogP contribution in [0.15, 0.2) is 52.0 Å². The molecular weight excluding hydrogens is 310 g/mol. The molecular formula is C18H23NO3S. The first-order chi connectivity index (χ1) is 11.0. The SMILES string of the molecule is CC(C)Cc1ccc(S(=O)(=O)N2CCCC2c2ccco2)cc1. The van der Waals surface area contributed by atoms with Gasteiger partial charge in [-0.1, -0.05) is 26.0 Å². The maximum absolute atomic E-state index is 13.0.